The Balaban J connectivity index is 0.982. The quantitative estimate of drug-likeness (QED) is 0.473. The van der Waals surface area contributed by atoms with E-state index in [-0.39, 0.29) is 24.0 Å². The summed E-state index contributed by atoms with van der Waals surface area (Å²) >= 11 is 0. The van der Waals surface area contributed by atoms with Crippen LogP contribution in [0.25, 0.3) is 0 Å². The number of piperidine rings is 2. The first kappa shape index (κ1) is 35.4. The standard InChI is InChI=1S/C40H56N8O3/c1-29-6-5-9-36-35(29)28-42-39(50)48(21-16-41-36)34-14-19-47(20-15-34)40(51)43-37(27-30-10-11-31-7-3-4-8-32(31)26-30)38(49)46-24-22-45(23-25-46)33-12-17-44(2)18-13-33/h5-6,9-11,16,26,33-34,37H,3-4,7-8,12-15,17-25,27-28H2,1-2H3,(H,42,50)(H,43,51)/t37-/m1/s1. The number of amides is 5. The van der Waals surface area contributed by atoms with Crippen LogP contribution >= 0.6 is 0 Å². The normalized spacial score (nSPS) is 21.9. The predicted octanol–water partition coefficient (Wildman–Crippen LogP) is 4.13. The number of likely N-dealkylation sites (tertiary alicyclic amines) is 2. The first-order valence-corrected chi connectivity index (χ1v) is 19.4. The van der Waals surface area contributed by atoms with E-state index < -0.39 is 6.04 Å². The van der Waals surface area contributed by atoms with Crippen molar-refractivity contribution in [3.8, 4) is 0 Å². The van der Waals surface area contributed by atoms with Gasteiger partial charge in [-0.1, -0.05) is 30.3 Å². The summed E-state index contributed by atoms with van der Waals surface area (Å²) in [5.41, 5.74) is 6.95. The van der Waals surface area contributed by atoms with Crippen LogP contribution in [0.15, 0.2) is 41.4 Å². The number of nitrogens with zero attached hydrogens (tertiary/aromatic N) is 6. The van der Waals surface area contributed by atoms with Crippen molar-refractivity contribution in [3.05, 3.63) is 64.2 Å². The van der Waals surface area contributed by atoms with Gasteiger partial charge in [0.25, 0.3) is 0 Å². The molecule has 7 rings (SSSR count). The number of aryl methyl sites for hydroxylation is 3. The first-order valence-electron chi connectivity index (χ1n) is 19.4. The molecule has 3 saturated heterocycles. The van der Waals surface area contributed by atoms with Gasteiger partial charge in [0.15, 0.2) is 0 Å². The summed E-state index contributed by atoms with van der Waals surface area (Å²) in [4.78, 5) is 56.7. The summed E-state index contributed by atoms with van der Waals surface area (Å²) < 4.78 is 0. The second-order valence-electron chi connectivity index (χ2n) is 15.3. The van der Waals surface area contributed by atoms with E-state index in [4.69, 9.17) is 4.99 Å². The number of rotatable bonds is 6. The maximum Gasteiger partial charge on any atom is 0.318 e. The van der Waals surface area contributed by atoms with Crippen LogP contribution in [0.3, 0.4) is 0 Å². The zero-order valence-electron chi connectivity index (χ0n) is 30.6. The lowest BCUT2D eigenvalue weighted by molar-refractivity contribution is -0.135. The Morgan fingerprint density at radius 3 is 2.37 bits per heavy atom. The zero-order valence-corrected chi connectivity index (χ0v) is 30.6. The molecule has 0 bridgehead atoms. The SMILES string of the molecule is Cc1cccc2c1CNC(=O)N(C1CCN(C(=O)N[C@H](Cc3ccc4c(c3)CCCC4)C(=O)N3CCN(C4CCN(C)CC4)CC3)CC1)CC=N2. The third-order valence-electron chi connectivity index (χ3n) is 12.0. The number of hydrogen-bond donors (Lipinski definition) is 2. The fourth-order valence-electron chi connectivity index (χ4n) is 8.79. The topological polar surface area (TPSA) is 104 Å². The van der Waals surface area contributed by atoms with E-state index in [1.165, 1.54) is 36.8 Å². The molecule has 1 aliphatic carbocycles. The molecule has 274 valence electrons. The van der Waals surface area contributed by atoms with Crippen molar-refractivity contribution >= 4 is 29.9 Å². The van der Waals surface area contributed by atoms with Crippen LogP contribution < -0.4 is 10.6 Å². The van der Waals surface area contributed by atoms with Crippen LogP contribution in [0.2, 0.25) is 0 Å². The monoisotopic (exact) mass is 696 g/mol. The summed E-state index contributed by atoms with van der Waals surface area (Å²) in [7, 11) is 2.19. The molecule has 0 unspecified atom stereocenters. The van der Waals surface area contributed by atoms with Gasteiger partial charge >= 0.3 is 12.1 Å². The highest BCUT2D eigenvalue weighted by Gasteiger charge is 2.35. The van der Waals surface area contributed by atoms with Gasteiger partial charge in [0, 0.05) is 70.5 Å². The van der Waals surface area contributed by atoms with Gasteiger partial charge in [-0.2, -0.15) is 0 Å². The lowest BCUT2D eigenvalue weighted by Crippen LogP contribution is -2.59. The van der Waals surface area contributed by atoms with Crippen molar-refractivity contribution in [2.45, 2.75) is 89.4 Å². The van der Waals surface area contributed by atoms with E-state index >= 15 is 0 Å². The smallest absolute Gasteiger partial charge is 0.318 e. The maximum atomic E-state index is 14.2. The average Bonchev–Trinajstić information content (AvgIpc) is 3.24. The maximum absolute atomic E-state index is 14.2. The Morgan fingerprint density at radius 1 is 0.882 bits per heavy atom. The van der Waals surface area contributed by atoms with E-state index in [0.29, 0.717) is 64.6 Å². The molecule has 0 saturated carbocycles. The highest BCUT2D eigenvalue weighted by molar-refractivity contribution is 5.87. The Hall–Kier alpha value is -3.96. The van der Waals surface area contributed by atoms with Crippen LogP contribution in [-0.4, -0.2) is 133 Å². The van der Waals surface area contributed by atoms with Crippen molar-refractivity contribution in [2.75, 3.05) is 66.0 Å². The van der Waals surface area contributed by atoms with Crippen molar-refractivity contribution in [2.24, 2.45) is 4.99 Å². The van der Waals surface area contributed by atoms with Gasteiger partial charge in [-0.05, 0) is 112 Å². The minimum Gasteiger partial charge on any atom is -0.338 e. The van der Waals surface area contributed by atoms with E-state index in [1.807, 2.05) is 46.0 Å². The largest absolute Gasteiger partial charge is 0.338 e. The zero-order chi connectivity index (χ0) is 35.3. The molecule has 1 atom stereocenters. The average molecular weight is 697 g/mol. The second kappa shape index (κ2) is 16.2. The minimum absolute atomic E-state index is 0.00315. The Morgan fingerprint density at radius 2 is 1.61 bits per heavy atom. The number of hydrogen-bond acceptors (Lipinski definition) is 6. The summed E-state index contributed by atoms with van der Waals surface area (Å²) in [6.07, 6.45) is 10.6. The molecule has 0 spiro atoms. The molecule has 3 fully saturated rings. The van der Waals surface area contributed by atoms with Gasteiger partial charge in [0.05, 0.1) is 12.2 Å². The summed E-state index contributed by atoms with van der Waals surface area (Å²) in [5.74, 6) is 0.0165. The van der Waals surface area contributed by atoms with Gasteiger partial charge in [-0.25, -0.2) is 9.59 Å². The Bertz CT molecular complexity index is 1590. The number of urea groups is 2. The number of benzene rings is 2. The predicted molar refractivity (Wildman–Crippen MR) is 201 cm³/mol. The molecular formula is C40H56N8O3. The molecular weight excluding hydrogens is 640 g/mol. The van der Waals surface area contributed by atoms with Crippen LogP contribution in [0.5, 0.6) is 0 Å². The van der Waals surface area contributed by atoms with Gasteiger partial charge in [-0.3, -0.25) is 14.7 Å². The molecule has 0 aromatic heterocycles. The van der Waals surface area contributed by atoms with Gasteiger partial charge < -0.3 is 30.2 Å². The van der Waals surface area contributed by atoms with E-state index in [2.05, 4.69) is 45.7 Å². The minimum atomic E-state index is -0.628. The highest BCUT2D eigenvalue weighted by Crippen LogP contribution is 2.26. The fraction of sp³-hybridized carbons (Fsp3) is 0.600. The van der Waals surface area contributed by atoms with Crippen LogP contribution in [-0.2, 0) is 30.6 Å². The van der Waals surface area contributed by atoms with E-state index in [0.717, 1.165) is 61.4 Å². The van der Waals surface area contributed by atoms with E-state index in [1.54, 1.807) is 0 Å². The van der Waals surface area contributed by atoms with Crippen molar-refractivity contribution in [3.63, 3.8) is 0 Å². The second-order valence-corrected chi connectivity index (χ2v) is 15.3. The van der Waals surface area contributed by atoms with Crippen molar-refractivity contribution in [1.82, 2.24) is 35.1 Å². The number of fused-ring (bicyclic) bond motifs is 2. The summed E-state index contributed by atoms with van der Waals surface area (Å²) in [6.45, 7) is 9.34. The number of piperazine rings is 1. The molecule has 5 amide bonds. The van der Waals surface area contributed by atoms with Crippen molar-refractivity contribution in [1.29, 1.82) is 0 Å². The third-order valence-corrected chi connectivity index (χ3v) is 12.0. The Labute approximate surface area is 303 Å². The molecule has 5 aliphatic rings. The van der Waals surface area contributed by atoms with E-state index in [9.17, 15) is 14.4 Å². The highest BCUT2D eigenvalue weighted by atomic mass is 16.2. The molecule has 2 aromatic rings. The summed E-state index contributed by atoms with van der Waals surface area (Å²) in [6, 6.07) is 12.3. The lowest BCUT2D eigenvalue weighted by atomic mass is 9.89. The number of carbonyl (C=O) groups is 3. The third kappa shape index (κ3) is 8.41. The van der Waals surface area contributed by atoms with Gasteiger partial charge in [0.2, 0.25) is 5.91 Å². The molecule has 4 aliphatic heterocycles. The van der Waals surface area contributed by atoms with Crippen molar-refractivity contribution < 1.29 is 14.4 Å². The number of carbonyl (C=O) groups excluding carboxylic acids is 3. The molecule has 11 nitrogen and oxygen atoms in total. The first-order chi connectivity index (χ1) is 24.8. The van der Waals surface area contributed by atoms with Crippen LogP contribution in [0.4, 0.5) is 15.3 Å². The molecule has 51 heavy (non-hydrogen) atoms. The number of aliphatic imine (C=N–C) groups is 1. The molecule has 11 heteroatoms. The summed E-state index contributed by atoms with van der Waals surface area (Å²) in [5, 5.41) is 6.30. The van der Waals surface area contributed by atoms with Gasteiger partial charge in [0.1, 0.15) is 6.04 Å². The van der Waals surface area contributed by atoms with Crippen LogP contribution in [0.1, 0.15) is 66.3 Å². The molecule has 2 N–H and O–H groups in total. The van der Waals surface area contributed by atoms with Crippen LogP contribution in [0, 0.1) is 6.92 Å². The Kier molecular flexibility index (Phi) is 11.2. The fourth-order valence-corrected chi connectivity index (χ4v) is 8.79. The number of nitrogens with one attached hydrogen (secondary N) is 2. The molecule has 2 aromatic carbocycles. The lowest BCUT2D eigenvalue weighted by Gasteiger charge is -2.43. The molecule has 0 radical (unpaired) electrons. The molecule has 4 heterocycles. The van der Waals surface area contributed by atoms with Gasteiger partial charge in [-0.15, -0.1) is 0 Å².